The Morgan fingerprint density at radius 1 is 1.33 bits per heavy atom. The molecule has 1 fully saturated rings. The molecule has 0 aliphatic carbocycles. The molecule has 1 heterocycles. The fourth-order valence-corrected chi connectivity index (χ4v) is 3.17. The molecule has 132 valence electrons. The van der Waals surface area contributed by atoms with Crippen LogP contribution in [0.15, 0.2) is 24.3 Å². The summed E-state index contributed by atoms with van der Waals surface area (Å²) in [5.41, 5.74) is 0.723. The number of halogens is 4. The quantitative estimate of drug-likeness (QED) is 0.893. The van der Waals surface area contributed by atoms with Crippen molar-refractivity contribution in [3.63, 3.8) is 0 Å². The fraction of sp³-hybridized carbons (Fsp3) is 0.500. The first-order chi connectivity index (χ1) is 11.1. The van der Waals surface area contributed by atoms with Gasteiger partial charge in [0.25, 0.3) is 0 Å². The second-order valence-corrected chi connectivity index (χ2v) is 6.44. The molecule has 0 spiro atoms. The lowest BCUT2D eigenvalue weighted by Gasteiger charge is -2.21. The Kier molecular flexibility index (Phi) is 5.42. The molecular weight excluding hydrogens is 347 g/mol. The minimum Gasteiger partial charge on any atom is -0.481 e. The monoisotopic (exact) mass is 363 g/mol. The molecule has 1 N–H and O–H groups in total. The average Bonchev–Trinajstić information content (AvgIpc) is 2.94. The van der Waals surface area contributed by atoms with Crippen molar-refractivity contribution in [2.24, 2.45) is 17.8 Å². The van der Waals surface area contributed by atoms with Crippen LogP contribution in [0.3, 0.4) is 0 Å². The second-order valence-electron chi connectivity index (χ2n) is 6.03. The number of carbonyl (C=O) groups is 2. The van der Waals surface area contributed by atoms with Gasteiger partial charge in [0.15, 0.2) is 0 Å². The lowest BCUT2D eigenvalue weighted by molar-refractivity contribution is -0.188. The van der Waals surface area contributed by atoms with Gasteiger partial charge in [-0.3, -0.25) is 9.59 Å². The molecule has 3 atom stereocenters. The van der Waals surface area contributed by atoms with Crippen LogP contribution in [0.1, 0.15) is 12.5 Å². The van der Waals surface area contributed by atoms with Crippen LogP contribution in [0.5, 0.6) is 0 Å². The standard InChI is InChI=1S/C16H17ClF3NO3/c1-9(6-10-4-2-3-5-13(10)17)14(22)21-7-11(15(23)24)12(8-21)16(18,19)20/h2-5,9,11-12H,6-8H2,1H3,(H,23,24)/t9?,11-,12-/m1/s1. The molecule has 1 aromatic carbocycles. The summed E-state index contributed by atoms with van der Waals surface area (Å²) in [5.74, 6) is -6.28. The maximum Gasteiger partial charge on any atom is 0.394 e. The van der Waals surface area contributed by atoms with E-state index in [1.807, 2.05) is 0 Å². The van der Waals surface area contributed by atoms with E-state index in [1.54, 1.807) is 31.2 Å². The Morgan fingerprint density at radius 3 is 2.46 bits per heavy atom. The van der Waals surface area contributed by atoms with Crippen molar-refractivity contribution in [1.82, 2.24) is 4.90 Å². The van der Waals surface area contributed by atoms with Gasteiger partial charge in [0.1, 0.15) is 0 Å². The predicted octanol–water partition coefficient (Wildman–Crippen LogP) is 3.24. The van der Waals surface area contributed by atoms with Gasteiger partial charge in [-0.1, -0.05) is 36.7 Å². The Bertz CT molecular complexity index is 635. The summed E-state index contributed by atoms with van der Waals surface area (Å²) in [5, 5.41) is 9.48. The number of carboxylic acids is 1. The molecule has 1 aromatic rings. The molecule has 0 bridgehead atoms. The minimum atomic E-state index is -4.65. The molecule has 0 aromatic heterocycles. The lowest BCUT2D eigenvalue weighted by Crippen LogP contribution is -2.36. The molecule has 0 saturated carbocycles. The molecule has 2 rings (SSSR count). The molecule has 1 aliphatic rings. The van der Waals surface area contributed by atoms with Crippen LogP contribution in [0.2, 0.25) is 5.02 Å². The summed E-state index contributed by atoms with van der Waals surface area (Å²) in [4.78, 5) is 24.5. The van der Waals surface area contributed by atoms with Crippen molar-refractivity contribution < 1.29 is 27.9 Å². The number of hydrogen-bond acceptors (Lipinski definition) is 2. The van der Waals surface area contributed by atoms with Gasteiger partial charge in [0.2, 0.25) is 5.91 Å². The second kappa shape index (κ2) is 7.01. The number of benzene rings is 1. The number of hydrogen-bond donors (Lipinski definition) is 1. The number of rotatable bonds is 4. The average molecular weight is 364 g/mol. The summed E-state index contributed by atoms with van der Waals surface area (Å²) in [6.45, 7) is 0.555. The highest BCUT2D eigenvalue weighted by atomic mass is 35.5. The van der Waals surface area contributed by atoms with Crippen molar-refractivity contribution in [3.8, 4) is 0 Å². The van der Waals surface area contributed by atoms with Crippen molar-refractivity contribution in [3.05, 3.63) is 34.9 Å². The number of carbonyl (C=O) groups excluding carboxylic acids is 1. The molecule has 0 radical (unpaired) electrons. The van der Waals surface area contributed by atoms with Gasteiger partial charge in [0.05, 0.1) is 11.8 Å². The van der Waals surface area contributed by atoms with E-state index in [9.17, 15) is 22.8 Å². The van der Waals surface area contributed by atoms with E-state index >= 15 is 0 Å². The molecule has 1 unspecified atom stereocenters. The van der Waals surface area contributed by atoms with Crippen molar-refractivity contribution >= 4 is 23.5 Å². The highest BCUT2D eigenvalue weighted by Crippen LogP contribution is 2.38. The van der Waals surface area contributed by atoms with E-state index in [0.717, 1.165) is 10.5 Å². The maximum atomic E-state index is 13.0. The van der Waals surface area contributed by atoms with Gasteiger partial charge in [-0.15, -0.1) is 0 Å². The summed E-state index contributed by atoms with van der Waals surface area (Å²) in [6, 6.07) is 6.91. The Morgan fingerprint density at radius 2 is 1.96 bits per heavy atom. The number of carboxylic acid groups (broad SMARTS) is 1. The van der Waals surface area contributed by atoms with Crippen molar-refractivity contribution in [1.29, 1.82) is 0 Å². The van der Waals surface area contributed by atoms with E-state index < -0.39 is 48.9 Å². The first-order valence-corrected chi connectivity index (χ1v) is 7.80. The summed E-state index contributed by atoms with van der Waals surface area (Å²) in [6.07, 6.45) is -4.37. The maximum absolute atomic E-state index is 13.0. The summed E-state index contributed by atoms with van der Waals surface area (Å²) in [7, 11) is 0. The van der Waals surface area contributed by atoms with Gasteiger partial charge in [-0.25, -0.2) is 0 Å². The van der Waals surface area contributed by atoms with Crippen LogP contribution < -0.4 is 0 Å². The Hall–Kier alpha value is -1.76. The smallest absolute Gasteiger partial charge is 0.394 e. The van der Waals surface area contributed by atoms with Crippen LogP contribution in [0.25, 0.3) is 0 Å². The van der Waals surface area contributed by atoms with Crippen LogP contribution in [-0.4, -0.2) is 41.1 Å². The predicted molar refractivity (Wildman–Crippen MR) is 81.6 cm³/mol. The summed E-state index contributed by atoms with van der Waals surface area (Å²) >= 11 is 6.03. The third-order valence-corrected chi connectivity index (χ3v) is 4.64. The van der Waals surface area contributed by atoms with Gasteiger partial charge in [-0.05, 0) is 18.1 Å². The molecule has 24 heavy (non-hydrogen) atoms. The number of aliphatic carboxylic acids is 1. The van der Waals surface area contributed by atoms with Gasteiger partial charge in [0, 0.05) is 24.0 Å². The van der Waals surface area contributed by atoms with Crippen LogP contribution in [-0.2, 0) is 16.0 Å². The first kappa shape index (κ1) is 18.6. The Labute approximate surface area is 142 Å². The molecule has 1 saturated heterocycles. The van der Waals surface area contributed by atoms with E-state index in [1.165, 1.54) is 0 Å². The SMILES string of the molecule is CC(Cc1ccccc1Cl)C(=O)N1C[C@@H](C(F)(F)F)[C@H](C(=O)O)C1. The van der Waals surface area contributed by atoms with Crippen LogP contribution >= 0.6 is 11.6 Å². The fourth-order valence-electron chi connectivity index (χ4n) is 2.96. The van der Waals surface area contributed by atoms with Gasteiger partial charge in [-0.2, -0.15) is 13.2 Å². The number of nitrogens with zero attached hydrogens (tertiary/aromatic N) is 1. The molecule has 8 heteroatoms. The number of alkyl halides is 3. The van der Waals surface area contributed by atoms with Crippen molar-refractivity contribution in [2.75, 3.05) is 13.1 Å². The largest absolute Gasteiger partial charge is 0.481 e. The summed E-state index contributed by atoms with van der Waals surface area (Å²) < 4.78 is 39.0. The highest BCUT2D eigenvalue weighted by molar-refractivity contribution is 6.31. The van der Waals surface area contributed by atoms with Gasteiger partial charge >= 0.3 is 12.1 Å². The third kappa shape index (κ3) is 4.01. The first-order valence-electron chi connectivity index (χ1n) is 7.43. The van der Waals surface area contributed by atoms with Gasteiger partial charge < -0.3 is 10.0 Å². The van der Waals surface area contributed by atoms with Crippen LogP contribution in [0, 0.1) is 17.8 Å². The normalized spacial score (nSPS) is 22.5. The molecule has 1 amide bonds. The van der Waals surface area contributed by atoms with E-state index in [-0.39, 0.29) is 6.42 Å². The number of amides is 1. The highest BCUT2D eigenvalue weighted by Gasteiger charge is 2.53. The zero-order chi connectivity index (χ0) is 18.1. The van der Waals surface area contributed by atoms with E-state index in [0.29, 0.717) is 5.02 Å². The lowest BCUT2D eigenvalue weighted by atomic mass is 9.96. The zero-order valence-corrected chi connectivity index (χ0v) is 13.6. The van der Waals surface area contributed by atoms with Crippen molar-refractivity contribution in [2.45, 2.75) is 19.5 Å². The minimum absolute atomic E-state index is 0.281. The zero-order valence-electron chi connectivity index (χ0n) is 12.9. The third-order valence-electron chi connectivity index (χ3n) is 4.27. The van der Waals surface area contributed by atoms with E-state index in [2.05, 4.69) is 0 Å². The Balaban J connectivity index is 2.09. The van der Waals surface area contributed by atoms with Crippen LogP contribution in [0.4, 0.5) is 13.2 Å². The van der Waals surface area contributed by atoms with E-state index in [4.69, 9.17) is 16.7 Å². The topological polar surface area (TPSA) is 57.6 Å². The molecular formula is C16H17ClF3NO3. The molecule has 4 nitrogen and oxygen atoms in total. The molecule has 1 aliphatic heterocycles. The number of likely N-dealkylation sites (tertiary alicyclic amines) is 1.